The lowest BCUT2D eigenvalue weighted by molar-refractivity contribution is 0.0923. The van der Waals surface area contributed by atoms with E-state index >= 15 is 0 Å². The number of carbonyl (C=O) groups excluding carboxylic acids is 1. The Kier molecular flexibility index (Phi) is 5.25. The molecule has 0 spiro atoms. The van der Waals surface area contributed by atoms with Gasteiger partial charge in [0, 0.05) is 30.8 Å². The highest BCUT2D eigenvalue weighted by Crippen LogP contribution is 2.19. The Morgan fingerprint density at radius 3 is 2.69 bits per heavy atom. The summed E-state index contributed by atoms with van der Waals surface area (Å²) in [7, 11) is 0. The lowest BCUT2D eigenvalue weighted by Gasteiger charge is -2.05. The molecule has 0 saturated heterocycles. The second kappa shape index (κ2) is 7.59. The monoisotopic (exact) mass is 356 g/mol. The van der Waals surface area contributed by atoms with Crippen molar-refractivity contribution in [2.24, 2.45) is 0 Å². The standard InChI is InChI=1S/C19H24N4O3/c1-12-10-13(2)23(21-12)9-5-8-20-19(24)18-7-6-16(25-18)11-17-14(3)22-26-15(17)4/h6-7,10H,5,8-9,11H2,1-4H3,(H,20,24). The molecule has 7 heteroatoms. The molecule has 26 heavy (non-hydrogen) atoms. The number of hydrogen-bond acceptors (Lipinski definition) is 5. The van der Waals surface area contributed by atoms with Gasteiger partial charge < -0.3 is 14.3 Å². The molecule has 0 radical (unpaired) electrons. The first-order valence-corrected chi connectivity index (χ1v) is 8.73. The van der Waals surface area contributed by atoms with E-state index in [1.165, 1.54) is 0 Å². The Balaban J connectivity index is 1.49. The van der Waals surface area contributed by atoms with Gasteiger partial charge in [-0.05, 0) is 52.3 Å². The smallest absolute Gasteiger partial charge is 0.286 e. The molecular formula is C19H24N4O3. The van der Waals surface area contributed by atoms with E-state index < -0.39 is 0 Å². The molecule has 3 aromatic heterocycles. The maximum Gasteiger partial charge on any atom is 0.286 e. The van der Waals surface area contributed by atoms with Gasteiger partial charge in [-0.15, -0.1) is 0 Å². The third-order valence-electron chi connectivity index (χ3n) is 4.35. The molecule has 3 heterocycles. The lowest BCUT2D eigenvalue weighted by Crippen LogP contribution is -2.25. The molecule has 0 fully saturated rings. The minimum atomic E-state index is -0.205. The van der Waals surface area contributed by atoms with E-state index in [0.29, 0.717) is 24.5 Å². The highest BCUT2D eigenvalue weighted by Gasteiger charge is 2.15. The second-order valence-electron chi connectivity index (χ2n) is 6.51. The number of carbonyl (C=O) groups is 1. The Morgan fingerprint density at radius 2 is 2.04 bits per heavy atom. The Bertz CT molecular complexity index is 884. The van der Waals surface area contributed by atoms with Gasteiger partial charge in [-0.1, -0.05) is 5.16 Å². The third kappa shape index (κ3) is 4.04. The first-order chi connectivity index (χ1) is 12.4. The summed E-state index contributed by atoms with van der Waals surface area (Å²) in [6.45, 7) is 9.11. The van der Waals surface area contributed by atoms with Crippen LogP contribution in [-0.2, 0) is 13.0 Å². The highest BCUT2D eigenvalue weighted by molar-refractivity contribution is 5.91. The van der Waals surface area contributed by atoms with Crippen LogP contribution < -0.4 is 5.32 Å². The molecule has 0 atom stereocenters. The quantitative estimate of drug-likeness (QED) is 0.657. The zero-order valence-electron chi connectivity index (χ0n) is 15.6. The van der Waals surface area contributed by atoms with Crippen molar-refractivity contribution in [1.29, 1.82) is 0 Å². The van der Waals surface area contributed by atoms with Crippen LogP contribution >= 0.6 is 0 Å². The van der Waals surface area contributed by atoms with E-state index in [9.17, 15) is 4.79 Å². The molecule has 0 bridgehead atoms. The number of nitrogens with zero attached hydrogens (tertiary/aromatic N) is 3. The third-order valence-corrected chi connectivity index (χ3v) is 4.35. The summed E-state index contributed by atoms with van der Waals surface area (Å²) >= 11 is 0. The van der Waals surface area contributed by atoms with Crippen LogP contribution in [0.4, 0.5) is 0 Å². The molecule has 1 amide bonds. The molecule has 1 N–H and O–H groups in total. The predicted molar refractivity (Wildman–Crippen MR) is 96.1 cm³/mol. The molecule has 0 aromatic carbocycles. The maximum absolute atomic E-state index is 12.2. The van der Waals surface area contributed by atoms with Gasteiger partial charge in [-0.3, -0.25) is 9.48 Å². The van der Waals surface area contributed by atoms with Gasteiger partial charge in [0.05, 0.1) is 11.4 Å². The zero-order valence-corrected chi connectivity index (χ0v) is 15.6. The highest BCUT2D eigenvalue weighted by atomic mass is 16.5. The molecule has 0 aliphatic heterocycles. The van der Waals surface area contributed by atoms with Gasteiger partial charge in [0.1, 0.15) is 11.5 Å². The molecule has 0 saturated carbocycles. The van der Waals surface area contributed by atoms with Gasteiger partial charge in [0.25, 0.3) is 5.91 Å². The molecular weight excluding hydrogens is 332 g/mol. The van der Waals surface area contributed by atoms with Crippen molar-refractivity contribution in [3.63, 3.8) is 0 Å². The molecule has 3 rings (SSSR count). The SMILES string of the molecule is Cc1cc(C)n(CCCNC(=O)c2ccc(Cc3c(C)noc3C)o2)n1. The van der Waals surface area contributed by atoms with Crippen molar-refractivity contribution in [2.75, 3.05) is 6.54 Å². The zero-order chi connectivity index (χ0) is 18.7. The van der Waals surface area contributed by atoms with Crippen molar-refractivity contribution < 1.29 is 13.7 Å². The molecule has 0 aliphatic carbocycles. The Hall–Kier alpha value is -2.83. The molecule has 7 nitrogen and oxygen atoms in total. The normalized spacial score (nSPS) is 11.1. The summed E-state index contributed by atoms with van der Waals surface area (Å²) in [4.78, 5) is 12.2. The van der Waals surface area contributed by atoms with Crippen LogP contribution in [0.5, 0.6) is 0 Å². The summed E-state index contributed by atoms with van der Waals surface area (Å²) in [6, 6.07) is 5.56. The second-order valence-corrected chi connectivity index (χ2v) is 6.51. The molecule has 0 aliphatic rings. The number of furan rings is 1. The number of rotatable bonds is 7. The molecule has 0 unspecified atom stereocenters. The summed E-state index contributed by atoms with van der Waals surface area (Å²) in [6.07, 6.45) is 1.37. The van der Waals surface area contributed by atoms with Crippen LogP contribution in [0.25, 0.3) is 0 Å². The van der Waals surface area contributed by atoms with E-state index in [2.05, 4.69) is 15.6 Å². The van der Waals surface area contributed by atoms with E-state index in [-0.39, 0.29) is 5.91 Å². The topological polar surface area (TPSA) is 86.1 Å². The lowest BCUT2D eigenvalue weighted by atomic mass is 10.1. The molecule has 138 valence electrons. The van der Waals surface area contributed by atoms with Crippen molar-refractivity contribution in [3.05, 3.63) is 58.1 Å². The maximum atomic E-state index is 12.2. The molecule has 3 aromatic rings. The van der Waals surface area contributed by atoms with Crippen LogP contribution in [-0.4, -0.2) is 27.4 Å². The van der Waals surface area contributed by atoms with Crippen LogP contribution in [0.3, 0.4) is 0 Å². The van der Waals surface area contributed by atoms with Gasteiger partial charge in [0.15, 0.2) is 5.76 Å². The van der Waals surface area contributed by atoms with E-state index in [4.69, 9.17) is 8.94 Å². The first-order valence-electron chi connectivity index (χ1n) is 8.73. The number of amides is 1. The summed E-state index contributed by atoms with van der Waals surface area (Å²) in [5.74, 6) is 1.60. The van der Waals surface area contributed by atoms with Gasteiger partial charge in [-0.2, -0.15) is 5.10 Å². The number of hydrogen-bond donors (Lipinski definition) is 1. The van der Waals surface area contributed by atoms with Crippen LogP contribution in [0.15, 0.2) is 27.1 Å². The minimum Gasteiger partial charge on any atom is -0.456 e. The Labute approximate surface area is 152 Å². The fourth-order valence-corrected chi connectivity index (χ4v) is 2.94. The first kappa shape index (κ1) is 18.0. The van der Waals surface area contributed by atoms with Crippen LogP contribution in [0.1, 0.15) is 51.1 Å². The van der Waals surface area contributed by atoms with Crippen molar-refractivity contribution in [2.45, 2.75) is 47.1 Å². The van der Waals surface area contributed by atoms with E-state index in [1.54, 1.807) is 6.07 Å². The van der Waals surface area contributed by atoms with Crippen LogP contribution in [0, 0.1) is 27.7 Å². The average Bonchev–Trinajstić information content (AvgIpc) is 3.27. The fourth-order valence-electron chi connectivity index (χ4n) is 2.94. The summed E-state index contributed by atoms with van der Waals surface area (Å²) < 4.78 is 12.8. The minimum absolute atomic E-state index is 0.205. The van der Waals surface area contributed by atoms with Gasteiger partial charge >= 0.3 is 0 Å². The Morgan fingerprint density at radius 1 is 1.23 bits per heavy atom. The van der Waals surface area contributed by atoms with Crippen LogP contribution in [0.2, 0.25) is 0 Å². The number of aromatic nitrogens is 3. The van der Waals surface area contributed by atoms with Gasteiger partial charge in [0.2, 0.25) is 0 Å². The number of nitrogens with one attached hydrogen (secondary N) is 1. The predicted octanol–water partition coefficient (Wildman–Crippen LogP) is 3.11. The van der Waals surface area contributed by atoms with Crippen molar-refractivity contribution >= 4 is 5.91 Å². The number of aryl methyl sites for hydroxylation is 5. The van der Waals surface area contributed by atoms with Crippen molar-refractivity contribution in [3.8, 4) is 0 Å². The fraction of sp³-hybridized carbons (Fsp3) is 0.421. The van der Waals surface area contributed by atoms with Crippen molar-refractivity contribution in [1.82, 2.24) is 20.3 Å². The van der Waals surface area contributed by atoms with Gasteiger partial charge in [-0.25, -0.2) is 0 Å². The largest absolute Gasteiger partial charge is 0.456 e. The van der Waals surface area contributed by atoms with E-state index in [1.807, 2.05) is 44.5 Å². The average molecular weight is 356 g/mol. The summed E-state index contributed by atoms with van der Waals surface area (Å²) in [5, 5.41) is 11.2. The van der Waals surface area contributed by atoms with E-state index in [0.717, 1.165) is 41.4 Å². The summed E-state index contributed by atoms with van der Waals surface area (Å²) in [5.41, 5.74) is 3.97.